The predicted molar refractivity (Wildman–Crippen MR) is 59.0 cm³/mol. The first-order valence-corrected chi connectivity index (χ1v) is 6.77. The Morgan fingerprint density at radius 2 is 2.18 bits per heavy atom. The summed E-state index contributed by atoms with van der Waals surface area (Å²) in [6, 6.07) is -1.19. The zero-order chi connectivity index (χ0) is 13.1. The van der Waals surface area contributed by atoms with E-state index in [9.17, 15) is 22.0 Å². The zero-order valence-corrected chi connectivity index (χ0v) is 10.1. The third-order valence-corrected chi connectivity index (χ3v) is 3.86. The molecule has 7 heteroatoms. The molecule has 1 rings (SSSR count). The van der Waals surface area contributed by atoms with Crippen LogP contribution in [0.5, 0.6) is 0 Å². The van der Waals surface area contributed by atoms with Crippen LogP contribution in [0.4, 0.5) is 8.78 Å². The van der Waals surface area contributed by atoms with E-state index in [2.05, 4.69) is 4.72 Å². The maximum atomic E-state index is 13.6. The van der Waals surface area contributed by atoms with Gasteiger partial charge in [-0.2, -0.15) is 0 Å². The average molecular weight is 265 g/mol. The van der Waals surface area contributed by atoms with Crippen LogP contribution in [-0.2, 0) is 14.8 Å². The minimum Gasteiger partial charge on any atom is -0.298 e. The standard InChI is InChI=1S/C10H13F2NO3S/c1-2-5-17(15,16)13-9-4-3-8(11)7(6-14)10(9)12/h3,6,9,13H,2,4-5H2,1H3. The Bertz CT molecular complexity index is 468. The molecule has 0 aromatic rings. The number of nitrogens with one attached hydrogen (secondary N) is 1. The lowest BCUT2D eigenvalue weighted by Crippen LogP contribution is -2.38. The second kappa shape index (κ2) is 5.50. The fraction of sp³-hybridized carbons (Fsp3) is 0.500. The maximum Gasteiger partial charge on any atom is 0.212 e. The van der Waals surface area contributed by atoms with Crippen LogP contribution in [0.1, 0.15) is 19.8 Å². The summed E-state index contributed by atoms with van der Waals surface area (Å²) >= 11 is 0. The molecule has 0 spiro atoms. The summed E-state index contributed by atoms with van der Waals surface area (Å²) in [5, 5.41) is 0. The molecule has 1 unspecified atom stereocenters. The molecular weight excluding hydrogens is 252 g/mol. The second-order valence-electron chi connectivity index (χ2n) is 3.66. The van der Waals surface area contributed by atoms with E-state index in [1.807, 2.05) is 0 Å². The smallest absolute Gasteiger partial charge is 0.212 e. The molecule has 1 N–H and O–H groups in total. The fourth-order valence-electron chi connectivity index (χ4n) is 1.49. The van der Waals surface area contributed by atoms with Gasteiger partial charge in [-0.1, -0.05) is 6.92 Å². The Hall–Kier alpha value is -1.08. The molecule has 0 amide bonds. The lowest BCUT2D eigenvalue weighted by atomic mass is 10.0. The van der Waals surface area contributed by atoms with E-state index in [0.717, 1.165) is 6.08 Å². The van der Waals surface area contributed by atoms with Crippen LogP contribution in [0.15, 0.2) is 23.3 Å². The number of hydrogen-bond donors (Lipinski definition) is 1. The first-order valence-electron chi connectivity index (χ1n) is 5.12. The van der Waals surface area contributed by atoms with Gasteiger partial charge in [-0.25, -0.2) is 21.9 Å². The van der Waals surface area contributed by atoms with Crippen molar-refractivity contribution >= 4 is 16.3 Å². The van der Waals surface area contributed by atoms with Gasteiger partial charge in [-0.3, -0.25) is 4.79 Å². The zero-order valence-electron chi connectivity index (χ0n) is 9.24. The number of aldehydes is 1. The SMILES string of the molecule is CCCS(=O)(=O)NC1CC=C(F)C(C=O)=C1F. The highest BCUT2D eigenvalue weighted by atomic mass is 32.2. The number of allylic oxidation sites excluding steroid dienone is 2. The minimum absolute atomic E-state index is 0.0431. The van der Waals surface area contributed by atoms with Gasteiger partial charge in [0.2, 0.25) is 10.0 Å². The molecule has 0 saturated heterocycles. The van der Waals surface area contributed by atoms with E-state index in [-0.39, 0.29) is 18.5 Å². The molecule has 0 radical (unpaired) electrons. The Labute approximate surface area is 98.4 Å². The van der Waals surface area contributed by atoms with Crippen molar-refractivity contribution in [2.75, 3.05) is 5.75 Å². The molecule has 0 aromatic carbocycles. The number of halogens is 2. The van der Waals surface area contributed by atoms with Crippen LogP contribution in [-0.4, -0.2) is 26.5 Å². The van der Waals surface area contributed by atoms with E-state index in [0.29, 0.717) is 6.42 Å². The Kier molecular flexibility index (Phi) is 4.53. The molecule has 0 heterocycles. The Balaban J connectivity index is 2.90. The van der Waals surface area contributed by atoms with E-state index in [1.54, 1.807) is 6.92 Å². The number of sulfonamides is 1. The normalized spacial score (nSPS) is 21.4. The molecule has 0 bridgehead atoms. The number of carbonyl (C=O) groups excluding carboxylic acids is 1. The highest BCUT2D eigenvalue weighted by Crippen LogP contribution is 2.26. The largest absolute Gasteiger partial charge is 0.298 e. The molecule has 0 saturated carbocycles. The van der Waals surface area contributed by atoms with Gasteiger partial charge in [0.1, 0.15) is 11.7 Å². The van der Waals surface area contributed by atoms with Crippen LogP contribution < -0.4 is 4.72 Å². The van der Waals surface area contributed by atoms with E-state index < -0.39 is 33.3 Å². The molecule has 0 fully saturated rings. The number of rotatable bonds is 5. The summed E-state index contributed by atoms with van der Waals surface area (Å²) in [7, 11) is -3.61. The number of hydrogen-bond acceptors (Lipinski definition) is 3. The number of carbonyl (C=O) groups is 1. The molecular formula is C10H13F2NO3S. The van der Waals surface area contributed by atoms with Gasteiger partial charge in [0, 0.05) is 0 Å². The van der Waals surface area contributed by atoms with Crippen molar-refractivity contribution in [2.24, 2.45) is 0 Å². The van der Waals surface area contributed by atoms with Crippen molar-refractivity contribution in [3.05, 3.63) is 23.3 Å². The first kappa shape index (κ1) is 14.0. The fourth-order valence-corrected chi connectivity index (χ4v) is 2.78. The average Bonchev–Trinajstić information content (AvgIpc) is 2.23. The summed E-state index contributed by atoms with van der Waals surface area (Å²) in [4.78, 5) is 10.5. The van der Waals surface area contributed by atoms with Crippen LogP contribution >= 0.6 is 0 Å². The lowest BCUT2D eigenvalue weighted by molar-refractivity contribution is -0.105. The molecule has 0 aromatic heterocycles. The third kappa shape index (κ3) is 3.44. The van der Waals surface area contributed by atoms with Crippen molar-refractivity contribution in [3.8, 4) is 0 Å². The molecule has 1 aliphatic rings. The van der Waals surface area contributed by atoms with Gasteiger partial charge in [-0.05, 0) is 18.9 Å². The molecule has 1 aliphatic carbocycles. The van der Waals surface area contributed by atoms with Gasteiger partial charge < -0.3 is 0 Å². The summed E-state index contributed by atoms with van der Waals surface area (Å²) in [5.74, 6) is -2.16. The third-order valence-electron chi connectivity index (χ3n) is 2.27. The van der Waals surface area contributed by atoms with E-state index in [1.165, 1.54) is 0 Å². The van der Waals surface area contributed by atoms with Crippen LogP contribution in [0.3, 0.4) is 0 Å². The van der Waals surface area contributed by atoms with E-state index in [4.69, 9.17) is 0 Å². The highest BCUT2D eigenvalue weighted by Gasteiger charge is 2.28. The second-order valence-corrected chi connectivity index (χ2v) is 5.53. The van der Waals surface area contributed by atoms with Gasteiger partial charge in [0.25, 0.3) is 0 Å². The lowest BCUT2D eigenvalue weighted by Gasteiger charge is -2.19. The van der Waals surface area contributed by atoms with Crippen LogP contribution in [0, 0.1) is 0 Å². The Morgan fingerprint density at radius 1 is 1.53 bits per heavy atom. The van der Waals surface area contributed by atoms with E-state index >= 15 is 0 Å². The first-order chi connectivity index (χ1) is 7.91. The summed E-state index contributed by atoms with van der Waals surface area (Å²) in [6.07, 6.45) is 1.28. The van der Waals surface area contributed by atoms with Crippen LogP contribution in [0.2, 0.25) is 0 Å². The summed E-state index contributed by atoms with van der Waals surface area (Å²) in [5.41, 5.74) is -0.722. The van der Waals surface area contributed by atoms with Crippen LogP contribution in [0.25, 0.3) is 0 Å². The highest BCUT2D eigenvalue weighted by molar-refractivity contribution is 7.89. The van der Waals surface area contributed by atoms with Crippen molar-refractivity contribution in [1.29, 1.82) is 0 Å². The van der Waals surface area contributed by atoms with Crippen molar-refractivity contribution in [1.82, 2.24) is 4.72 Å². The minimum atomic E-state index is -3.61. The van der Waals surface area contributed by atoms with Crippen molar-refractivity contribution < 1.29 is 22.0 Å². The molecule has 96 valence electrons. The van der Waals surface area contributed by atoms with Crippen molar-refractivity contribution in [3.63, 3.8) is 0 Å². The quantitative estimate of drug-likeness (QED) is 0.763. The molecule has 0 aliphatic heterocycles. The maximum absolute atomic E-state index is 13.6. The molecule has 17 heavy (non-hydrogen) atoms. The van der Waals surface area contributed by atoms with Gasteiger partial charge >= 0.3 is 0 Å². The Morgan fingerprint density at radius 3 is 2.71 bits per heavy atom. The summed E-state index contributed by atoms with van der Waals surface area (Å²) in [6.45, 7) is 1.67. The predicted octanol–water partition coefficient (Wildman–Crippen LogP) is 1.36. The monoisotopic (exact) mass is 265 g/mol. The topological polar surface area (TPSA) is 63.2 Å². The van der Waals surface area contributed by atoms with Gasteiger partial charge in [-0.15, -0.1) is 0 Å². The molecule has 1 atom stereocenters. The molecule has 4 nitrogen and oxygen atoms in total. The van der Waals surface area contributed by atoms with Gasteiger partial charge in [0.05, 0.1) is 17.4 Å². The van der Waals surface area contributed by atoms with Crippen molar-refractivity contribution in [2.45, 2.75) is 25.8 Å². The summed E-state index contributed by atoms with van der Waals surface area (Å²) < 4.78 is 51.5. The van der Waals surface area contributed by atoms with Gasteiger partial charge in [0.15, 0.2) is 6.29 Å².